The molecule has 34 heavy (non-hydrogen) atoms. The summed E-state index contributed by atoms with van der Waals surface area (Å²) < 4.78 is 5.47. The number of rotatable bonds is 16. The fourth-order valence-corrected chi connectivity index (χ4v) is 3.74. The molecule has 0 saturated heterocycles. The van der Waals surface area contributed by atoms with Crippen LogP contribution in [0.1, 0.15) is 120 Å². The first-order valence-electron chi connectivity index (χ1n) is 13.4. The number of carbonyl (C=O) groups excluding carboxylic acids is 3. The molecule has 7 nitrogen and oxygen atoms in total. The van der Waals surface area contributed by atoms with Gasteiger partial charge in [-0.25, -0.2) is 9.69 Å². The van der Waals surface area contributed by atoms with Crippen molar-refractivity contribution in [3.05, 3.63) is 0 Å². The SMILES string of the molecule is CCCCCCCCCCCCNC(=O)[C@H](C(C)C)N(C(=O)OC(C)(C)C)C(=O)[C@@H](N)C(C)C. The van der Waals surface area contributed by atoms with Crippen molar-refractivity contribution in [2.45, 2.75) is 137 Å². The van der Waals surface area contributed by atoms with Gasteiger partial charge in [-0.2, -0.15) is 0 Å². The molecular formula is C27H53N3O4. The average molecular weight is 484 g/mol. The van der Waals surface area contributed by atoms with Crippen LogP contribution in [0.25, 0.3) is 0 Å². The van der Waals surface area contributed by atoms with Crippen molar-refractivity contribution in [3.63, 3.8) is 0 Å². The Kier molecular flexibility index (Phi) is 16.1. The molecule has 0 spiro atoms. The van der Waals surface area contributed by atoms with Crippen LogP contribution >= 0.6 is 0 Å². The van der Waals surface area contributed by atoms with E-state index in [1.54, 1.807) is 20.8 Å². The summed E-state index contributed by atoms with van der Waals surface area (Å²) in [6.45, 7) is 15.2. The van der Waals surface area contributed by atoms with Crippen LogP contribution in [0.15, 0.2) is 0 Å². The monoisotopic (exact) mass is 483 g/mol. The Morgan fingerprint density at radius 2 is 1.29 bits per heavy atom. The maximum atomic E-state index is 13.1. The second kappa shape index (κ2) is 16.9. The van der Waals surface area contributed by atoms with Gasteiger partial charge in [0.15, 0.2) is 0 Å². The lowest BCUT2D eigenvalue weighted by atomic mass is 9.98. The van der Waals surface area contributed by atoms with Gasteiger partial charge in [0.25, 0.3) is 0 Å². The smallest absolute Gasteiger partial charge is 0.417 e. The zero-order valence-corrected chi connectivity index (χ0v) is 23.2. The predicted octanol–water partition coefficient (Wildman–Crippen LogP) is 5.80. The number of carbonyl (C=O) groups is 3. The Balaban J connectivity index is 4.92. The second-order valence-electron chi connectivity index (χ2n) is 11.1. The van der Waals surface area contributed by atoms with Gasteiger partial charge in [-0.15, -0.1) is 0 Å². The highest BCUT2D eigenvalue weighted by Gasteiger charge is 2.41. The maximum Gasteiger partial charge on any atom is 0.417 e. The molecule has 0 rings (SSSR count). The van der Waals surface area contributed by atoms with Crippen LogP contribution in [0, 0.1) is 11.8 Å². The lowest BCUT2D eigenvalue weighted by Crippen LogP contribution is -2.60. The van der Waals surface area contributed by atoms with E-state index in [-0.39, 0.29) is 17.7 Å². The van der Waals surface area contributed by atoms with Gasteiger partial charge in [0.2, 0.25) is 11.8 Å². The van der Waals surface area contributed by atoms with E-state index in [1.165, 1.54) is 44.9 Å². The molecule has 2 atom stereocenters. The quantitative estimate of drug-likeness (QED) is 0.270. The fourth-order valence-electron chi connectivity index (χ4n) is 3.74. The molecule has 0 aliphatic heterocycles. The molecule has 0 radical (unpaired) electrons. The van der Waals surface area contributed by atoms with Gasteiger partial charge < -0.3 is 15.8 Å². The number of ether oxygens (including phenoxy) is 1. The van der Waals surface area contributed by atoms with Crippen molar-refractivity contribution in [3.8, 4) is 0 Å². The summed E-state index contributed by atoms with van der Waals surface area (Å²) in [6.07, 6.45) is 11.3. The van der Waals surface area contributed by atoms with Gasteiger partial charge in [0.1, 0.15) is 11.6 Å². The number of amides is 3. The first-order chi connectivity index (χ1) is 15.8. The Morgan fingerprint density at radius 3 is 1.71 bits per heavy atom. The maximum absolute atomic E-state index is 13.1. The van der Waals surface area contributed by atoms with Crippen molar-refractivity contribution in [2.75, 3.05) is 6.54 Å². The van der Waals surface area contributed by atoms with E-state index in [2.05, 4.69) is 12.2 Å². The third-order valence-corrected chi connectivity index (χ3v) is 5.84. The van der Waals surface area contributed by atoms with Gasteiger partial charge in [0, 0.05) is 6.54 Å². The first kappa shape index (κ1) is 32.4. The molecule has 3 N–H and O–H groups in total. The number of nitrogens with one attached hydrogen (secondary N) is 1. The summed E-state index contributed by atoms with van der Waals surface area (Å²) in [5.74, 6) is -1.40. The lowest BCUT2D eigenvalue weighted by molar-refractivity contribution is -0.142. The minimum atomic E-state index is -0.977. The normalized spacial score (nSPS) is 13.6. The van der Waals surface area contributed by atoms with Crippen molar-refractivity contribution in [1.29, 1.82) is 0 Å². The zero-order chi connectivity index (χ0) is 26.3. The highest BCUT2D eigenvalue weighted by atomic mass is 16.6. The largest absolute Gasteiger partial charge is 0.443 e. The summed E-state index contributed by atoms with van der Waals surface area (Å²) in [5.41, 5.74) is 5.28. The van der Waals surface area contributed by atoms with Crippen LogP contribution < -0.4 is 11.1 Å². The molecule has 200 valence electrons. The molecule has 0 bridgehead atoms. The molecule has 0 aromatic rings. The number of hydrogen-bond donors (Lipinski definition) is 2. The molecule has 0 unspecified atom stereocenters. The van der Waals surface area contributed by atoms with Crippen molar-refractivity contribution in [1.82, 2.24) is 10.2 Å². The molecule has 7 heteroatoms. The number of hydrogen-bond acceptors (Lipinski definition) is 5. The molecule has 0 aromatic carbocycles. The highest BCUT2D eigenvalue weighted by molar-refractivity contribution is 6.00. The molecule has 0 fully saturated rings. The van der Waals surface area contributed by atoms with E-state index in [0.29, 0.717) is 6.54 Å². The van der Waals surface area contributed by atoms with E-state index in [0.717, 1.165) is 24.2 Å². The van der Waals surface area contributed by atoms with Crippen molar-refractivity contribution in [2.24, 2.45) is 17.6 Å². The Bertz CT molecular complexity index is 599. The third kappa shape index (κ3) is 13.3. The molecule has 0 saturated carbocycles. The van der Waals surface area contributed by atoms with Crippen molar-refractivity contribution < 1.29 is 19.1 Å². The first-order valence-corrected chi connectivity index (χ1v) is 13.4. The van der Waals surface area contributed by atoms with Crippen LogP contribution in [-0.4, -0.2) is 47.0 Å². The van der Waals surface area contributed by atoms with Gasteiger partial charge >= 0.3 is 6.09 Å². The molecular weight excluding hydrogens is 430 g/mol. The number of imide groups is 1. The van der Waals surface area contributed by atoms with Gasteiger partial charge in [-0.1, -0.05) is 92.4 Å². The van der Waals surface area contributed by atoms with Gasteiger partial charge in [0.05, 0.1) is 6.04 Å². The average Bonchev–Trinajstić information content (AvgIpc) is 2.72. The predicted molar refractivity (Wildman–Crippen MR) is 139 cm³/mol. The van der Waals surface area contributed by atoms with E-state index in [4.69, 9.17) is 10.5 Å². The second-order valence-corrected chi connectivity index (χ2v) is 11.1. The topological polar surface area (TPSA) is 102 Å². The summed E-state index contributed by atoms with van der Waals surface area (Å²) in [4.78, 5) is 40.2. The minimum absolute atomic E-state index is 0.181. The molecule has 3 amide bonds. The van der Waals surface area contributed by atoms with Crippen LogP contribution in [0.5, 0.6) is 0 Å². The van der Waals surface area contributed by atoms with Crippen molar-refractivity contribution >= 4 is 17.9 Å². The van der Waals surface area contributed by atoms with Crippen LogP contribution in [0.3, 0.4) is 0 Å². The summed E-state index contributed by atoms with van der Waals surface area (Å²) >= 11 is 0. The highest BCUT2D eigenvalue weighted by Crippen LogP contribution is 2.19. The van der Waals surface area contributed by atoms with Crippen LogP contribution in [0.4, 0.5) is 4.79 Å². The number of unbranched alkanes of at least 4 members (excludes halogenated alkanes) is 9. The third-order valence-electron chi connectivity index (χ3n) is 5.84. The van der Waals surface area contributed by atoms with E-state index >= 15 is 0 Å². The summed E-state index contributed by atoms with van der Waals surface area (Å²) in [7, 11) is 0. The number of nitrogens with two attached hydrogens (primary N) is 1. The standard InChI is InChI=1S/C27H53N3O4/c1-9-10-11-12-13-14-15-16-17-18-19-29-24(31)23(21(4)5)30(25(32)22(28)20(2)3)26(33)34-27(6,7)8/h20-23H,9-19,28H2,1-8H3,(H,29,31)/t22-,23-/m0/s1. The summed E-state index contributed by atoms with van der Waals surface area (Å²) in [6, 6.07) is -1.88. The fraction of sp³-hybridized carbons (Fsp3) is 0.889. The van der Waals surface area contributed by atoms with Crippen LogP contribution in [-0.2, 0) is 14.3 Å². The molecule has 0 aliphatic carbocycles. The van der Waals surface area contributed by atoms with Gasteiger partial charge in [-0.05, 0) is 39.0 Å². The molecule has 0 heterocycles. The number of nitrogens with zero attached hydrogens (tertiary/aromatic N) is 1. The van der Waals surface area contributed by atoms with E-state index in [1.807, 2.05) is 27.7 Å². The summed E-state index contributed by atoms with van der Waals surface area (Å²) in [5, 5.41) is 2.93. The van der Waals surface area contributed by atoms with E-state index in [9.17, 15) is 14.4 Å². The Labute approximate surface area is 208 Å². The Hall–Kier alpha value is -1.63. The Morgan fingerprint density at radius 1 is 0.824 bits per heavy atom. The van der Waals surface area contributed by atoms with Crippen LogP contribution in [0.2, 0.25) is 0 Å². The zero-order valence-electron chi connectivity index (χ0n) is 23.2. The minimum Gasteiger partial charge on any atom is -0.443 e. The van der Waals surface area contributed by atoms with Gasteiger partial charge in [-0.3, -0.25) is 9.59 Å². The lowest BCUT2D eigenvalue weighted by Gasteiger charge is -2.35. The molecule has 0 aromatic heterocycles. The van der Waals surface area contributed by atoms with E-state index < -0.39 is 29.7 Å². The molecule has 0 aliphatic rings.